The van der Waals surface area contributed by atoms with Crippen molar-refractivity contribution < 1.29 is 22.4 Å². The first-order valence-electron chi connectivity index (χ1n) is 5.76. The van der Waals surface area contributed by atoms with Gasteiger partial charge in [0.05, 0.1) is 5.69 Å². The highest BCUT2D eigenvalue weighted by Crippen LogP contribution is 2.26. The number of halogens is 4. The van der Waals surface area contributed by atoms with Crippen LogP contribution in [0.15, 0.2) is 18.2 Å². The van der Waals surface area contributed by atoms with E-state index in [-0.39, 0.29) is 5.69 Å². The van der Waals surface area contributed by atoms with Gasteiger partial charge in [0.1, 0.15) is 5.82 Å². The Hall–Kier alpha value is -1.63. The molecular formula is C12H12F4N2O. The minimum absolute atomic E-state index is 0.222. The topological polar surface area (TPSA) is 32.3 Å². The molecule has 0 saturated carbocycles. The summed E-state index contributed by atoms with van der Waals surface area (Å²) in [7, 11) is 0. The first kappa shape index (κ1) is 13.8. The second kappa shape index (κ2) is 5.16. The Bertz CT molecular complexity index is 481. The zero-order valence-electron chi connectivity index (χ0n) is 9.93. The van der Waals surface area contributed by atoms with Crippen molar-refractivity contribution in [2.45, 2.75) is 6.18 Å². The SMILES string of the molecule is O=C(c1ccc(N2CCNCC2)c(F)c1)C(F)(F)F. The molecule has 19 heavy (non-hydrogen) atoms. The molecule has 2 rings (SSSR count). The fourth-order valence-electron chi connectivity index (χ4n) is 1.97. The summed E-state index contributed by atoms with van der Waals surface area (Å²) < 4.78 is 50.5. The highest BCUT2D eigenvalue weighted by Gasteiger charge is 2.39. The summed E-state index contributed by atoms with van der Waals surface area (Å²) in [5, 5.41) is 3.09. The quantitative estimate of drug-likeness (QED) is 0.662. The van der Waals surface area contributed by atoms with E-state index in [1.807, 2.05) is 0 Å². The number of anilines is 1. The molecule has 1 aromatic carbocycles. The standard InChI is InChI=1S/C12H12F4N2O/c13-9-7-8(11(19)12(14,15)16)1-2-10(9)18-5-3-17-4-6-18/h1-2,7,17H,3-6H2. The number of ketones is 1. The maximum Gasteiger partial charge on any atom is 0.454 e. The van der Waals surface area contributed by atoms with Crippen LogP contribution < -0.4 is 10.2 Å². The van der Waals surface area contributed by atoms with Crippen LogP contribution in [0.2, 0.25) is 0 Å². The summed E-state index contributed by atoms with van der Waals surface area (Å²) in [4.78, 5) is 12.7. The molecule has 0 aliphatic carbocycles. The summed E-state index contributed by atoms with van der Waals surface area (Å²) in [5.41, 5.74) is -0.455. The molecule has 1 aliphatic rings. The summed E-state index contributed by atoms with van der Waals surface area (Å²) in [6, 6.07) is 2.88. The Morgan fingerprint density at radius 2 is 1.84 bits per heavy atom. The molecule has 1 N–H and O–H groups in total. The lowest BCUT2D eigenvalue weighted by molar-refractivity contribution is -0.0885. The van der Waals surface area contributed by atoms with Crippen LogP contribution in [-0.2, 0) is 0 Å². The molecule has 0 radical (unpaired) electrons. The molecule has 0 amide bonds. The summed E-state index contributed by atoms with van der Waals surface area (Å²) in [5.74, 6) is -2.84. The Kier molecular flexibility index (Phi) is 3.75. The normalized spacial score (nSPS) is 16.5. The third-order valence-electron chi connectivity index (χ3n) is 2.93. The Labute approximate surface area is 107 Å². The molecule has 1 aromatic rings. The van der Waals surface area contributed by atoms with Crippen LogP contribution in [0.4, 0.5) is 23.2 Å². The van der Waals surface area contributed by atoms with Gasteiger partial charge in [-0.05, 0) is 18.2 Å². The van der Waals surface area contributed by atoms with E-state index in [2.05, 4.69) is 5.32 Å². The van der Waals surface area contributed by atoms with Gasteiger partial charge in [-0.3, -0.25) is 4.79 Å². The Morgan fingerprint density at radius 1 is 1.21 bits per heavy atom. The molecule has 0 aromatic heterocycles. The van der Waals surface area contributed by atoms with Crippen LogP contribution in [0, 0.1) is 5.82 Å². The van der Waals surface area contributed by atoms with Crippen molar-refractivity contribution in [3.05, 3.63) is 29.6 Å². The molecule has 1 aliphatic heterocycles. The van der Waals surface area contributed by atoms with Crippen LogP contribution in [0.25, 0.3) is 0 Å². The molecule has 0 spiro atoms. The van der Waals surface area contributed by atoms with Gasteiger partial charge in [0.15, 0.2) is 0 Å². The van der Waals surface area contributed by atoms with E-state index in [1.54, 1.807) is 4.90 Å². The molecule has 0 atom stereocenters. The smallest absolute Gasteiger partial charge is 0.367 e. The van der Waals surface area contributed by atoms with Gasteiger partial charge in [-0.2, -0.15) is 13.2 Å². The number of rotatable bonds is 2. The third-order valence-corrected chi connectivity index (χ3v) is 2.93. The molecular weight excluding hydrogens is 264 g/mol. The van der Waals surface area contributed by atoms with E-state index < -0.39 is 23.3 Å². The van der Waals surface area contributed by atoms with E-state index in [0.29, 0.717) is 32.2 Å². The minimum atomic E-state index is -4.98. The number of nitrogens with one attached hydrogen (secondary N) is 1. The van der Waals surface area contributed by atoms with Crippen molar-refractivity contribution in [2.75, 3.05) is 31.1 Å². The van der Waals surface area contributed by atoms with Crippen molar-refractivity contribution >= 4 is 11.5 Å². The number of carbonyl (C=O) groups excluding carboxylic acids is 1. The summed E-state index contributed by atoms with van der Waals surface area (Å²) in [6.45, 7) is 2.51. The van der Waals surface area contributed by atoms with Gasteiger partial charge in [0.2, 0.25) is 0 Å². The predicted octanol–water partition coefficient (Wildman–Crippen LogP) is 1.98. The van der Waals surface area contributed by atoms with Crippen LogP contribution in [-0.4, -0.2) is 38.1 Å². The zero-order chi connectivity index (χ0) is 14.0. The zero-order valence-corrected chi connectivity index (χ0v) is 9.93. The van der Waals surface area contributed by atoms with Gasteiger partial charge in [0, 0.05) is 31.7 Å². The second-order valence-corrected chi connectivity index (χ2v) is 4.23. The number of nitrogens with zero attached hydrogens (tertiary/aromatic N) is 1. The number of carbonyl (C=O) groups is 1. The monoisotopic (exact) mass is 276 g/mol. The van der Waals surface area contributed by atoms with E-state index in [1.165, 1.54) is 6.07 Å². The van der Waals surface area contributed by atoms with Crippen LogP contribution in [0.5, 0.6) is 0 Å². The predicted molar refractivity (Wildman–Crippen MR) is 61.9 cm³/mol. The van der Waals surface area contributed by atoms with Crippen molar-refractivity contribution in [1.82, 2.24) is 5.32 Å². The molecule has 1 heterocycles. The lowest BCUT2D eigenvalue weighted by Gasteiger charge is -2.29. The fourth-order valence-corrected chi connectivity index (χ4v) is 1.97. The lowest BCUT2D eigenvalue weighted by atomic mass is 10.1. The number of alkyl halides is 3. The molecule has 3 nitrogen and oxygen atoms in total. The van der Waals surface area contributed by atoms with Gasteiger partial charge in [-0.1, -0.05) is 0 Å². The van der Waals surface area contributed by atoms with Crippen LogP contribution in [0.3, 0.4) is 0 Å². The molecule has 0 bridgehead atoms. The molecule has 1 fully saturated rings. The van der Waals surface area contributed by atoms with Crippen molar-refractivity contribution in [3.63, 3.8) is 0 Å². The maximum atomic E-state index is 13.8. The van der Waals surface area contributed by atoms with Crippen molar-refractivity contribution in [1.29, 1.82) is 0 Å². The van der Waals surface area contributed by atoms with Gasteiger partial charge >= 0.3 is 6.18 Å². The largest absolute Gasteiger partial charge is 0.454 e. The van der Waals surface area contributed by atoms with Gasteiger partial charge in [-0.25, -0.2) is 4.39 Å². The van der Waals surface area contributed by atoms with Crippen LogP contribution in [0.1, 0.15) is 10.4 Å². The average Bonchev–Trinajstić information content (AvgIpc) is 2.37. The summed E-state index contributed by atoms with van der Waals surface area (Å²) >= 11 is 0. The highest BCUT2D eigenvalue weighted by atomic mass is 19.4. The minimum Gasteiger partial charge on any atom is -0.367 e. The number of piperazine rings is 1. The van der Waals surface area contributed by atoms with Crippen molar-refractivity contribution in [3.8, 4) is 0 Å². The molecule has 0 unspecified atom stereocenters. The Balaban J connectivity index is 2.24. The number of Topliss-reactive ketones (excluding diaryl/α,β-unsaturated/α-hetero) is 1. The number of hydrogen-bond acceptors (Lipinski definition) is 3. The lowest BCUT2D eigenvalue weighted by Crippen LogP contribution is -2.43. The molecule has 7 heteroatoms. The average molecular weight is 276 g/mol. The van der Waals surface area contributed by atoms with Gasteiger partial charge < -0.3 is 10.2 Å². The molecule has 104 valence electrons. The molecule has 1 saturated heterocycles. The van der Waals surface area contributed by atoms with E-state index >= 15 is 0 Å². The Morgan fingerprint density at radius 3 is 2.37 bits per heavy atom. The second-order valence-electron chi connectivity index (χ2n) is 4.23. The van der Waals surface area contributed by atoms with E-state index in [0.717, 1.165) is 6.07 Å². The summed E-state index contributed by atoms with van der Waals surface area (Å²) in [6.07, 6.45) is -4.98. The first-order chi connectivity index (χ1) is 8.89. The fraction of sp³-hybridized carbons (Fsp3) is 0.417. The number of hydrogen-bond donors (Lipinski definition) is 1. The maximum absolute atomic E-state index is 13.8. The van der Waals surface area contributed by atoms with E-state index in [9.17, 15) is 22.4 Å². The van der Waals surface area contributed by atoms with Crippen LogP contribution >= 0.6 is 0 Å². The third kappa shape index (κ3) is 3.04. The van der Waals surface area contributed by atoms with Crippen molar-refractivity contribution in [2.24, 2.45) is 0 Å². The number of benzene rings is 1. The highest BCUT2D eigenvalue weighted by molar-refractivity contribution is 6.00. The van der Waals surface area contributed by atoms with Gasteiger partial charge in [-0.15, -0.1) is 0 Å². The first-order valence-corrected chi connectivity index (χ1v) is 5.76. The van der Waals surface area contributed by atoms with E-state index in [4.69, 9.17) is 0 Å². The van der Waals surface area contributed by atoms with Gasteiger partial charge in [0.25, 0.3) is 5.78 Å².